The molecule has 0 amide bonds. The first-order valence-corrected chi connectivity index (χ1v) is 4.17. The molecule has 1 heterocycles. The molecule has 0 aliphatic rings. The van der Waals surface area contributed by atoms with Crippen LogP contribution in [0, 0.1) is 6.92 Å². The molecular weight excluding hydrogens is 141 g/mol. The summed E-state index contributed by atoms with van der Waals surface area (Å²) in [5.41, 5.74) is 2.54. The van der Waals surface area contributed by atoms with Gasteiger partial charge in [0, 0.05) is 18.2 Å². The van der Waals surface area contributed by atoms with Crippen molar-refractivity contribution in [3.63, 3.8) is 0 Å². The van der Waals surface area contributed by atoms with Crippen molar-refractivity contribution < 1.29 is 0 Å². The molecule has 0 N–H and O–H groups in total. The van der Waals surface area contributed by atoms with Gasteiger partial charge in [0.15, 0.2) is 0 Å². The Labute approximate surface area is 65.6 Å². The average Bonchev–Trinajstić information content (AvgIpc) is 2.25. The fraction of sp³-hybridized carbons (Fsp3) is 0.500. The van der Waals surface area contributed by atoms with Gasteiger partial charge in [-0.05, 0) is 19.1 Å². The highest BCUT2D eigenvalue weighted by molar-refractivity contribution is 7.27. The van der Waals surface area contributed by atoms with Crippen molar-refractivity contribution in [2.45, 2.75) is 20.8 Å². The van der Waals surface area contributed by atoms with E-state index in [9.17, 15) is 0 Å². The lowest BCUT2D eigenvalue weighted by atomic mass is 10.5. The van der Waals surface area contributed by atoms with Crippen molar-refractivity contribution in [3.8, 4) is 0 Å². The van der Waals surface area contributed by atoms with Gasteiger partial charge >= 0.3 is 0 Å². The minimum absolute atomic E-state index is 1.24. The Hall–Kier alpha value is -0.290. The van der Waals surface area contributed by atoms with Gasteiger partial charge in [-0.25, -0.2) is 0 Å². The Morgan fingerprint density at radius 1 is 1.30 bits per heavy atom. The minimum Gasteiger partial charge on any atom is -0.349 e. The van der Waals surface area contributed by atoms with Crippen molar-refractivity contribution in [1.29, 1.82) is 0 Å². The van der Waals surface area contributed by atoms with Crippen molar-refractivity contribution in [1.82, 2.24) is 4.57 Å². The van der Waals surface area contributed by atoms with Gasteiger partial charge in [0.05, 0.1) is 0 Å². The van der Waals surface area contributed by atoms with Gasteiger partial charge in [-0.1, -0.05) is 23.1 Å². The van der Waals surface area contributed by atoms with E-state index in [1.54, 1.807) is 0 Å². The fourth-order valence-corrected chi connectivity index (χ4v) is 0.933. The number of hydrogen-bond donors (Lipinski definition) is 0. The normalized spacial score (nSPS) is 8.50. The van der Waals surface area contributed by atoms with Gasteiger partial charge < -0.3 is 4.57 Å². The van der Waals surface area contributed by atoms with E-state index in [0.29, 0.717) is 0 Å². The summed E-state index contributed by atoms with van der Waals surface area (Å²) in [5.74, 6) is 0. The van der Waals surface area contributed by atoms with Gasteiger partial charge in [0.25, 0.3) is 0 Å². The molecule has 0 radical (unpaired) electrons. The zero-order valence-electron chi connectivity index (χ0n) is 7.18. The molecule has 1 atom stereocenters. The first kappa shape index (κ1) is 9.71. The molecule has 1 aromatic rings. The van der Waals surface area contributed by atoms with E-state index < -0.39 is 0 Å². The summed E-state index contributed by atoms with van der Waals surface area (Å²) in [5, 5.41) is 0. The quantitative estimate of drug-likeness (QED) is 0.506. The lowest BCUT2D eigenvalue weighted by Gasteiger charge is -1.96. The van der Waals surface area contributed by atoms with E-state index in [2.05, 4.69) is 39.9 Å². The van der Waals surface area contributed by atoms with E-state index in [-0.39, 0.29) is 0 Å². The third kappa shape index (κ3) is 2.15. The number of rotatable bonds is 0. The van der Waals surface area contributed by atoms with E-state index in [0.717, 1.165) is 0 Å². The second-order valence-electron chi connectivity index (χ2n) is 1.96. The smallest absolute Gasteiger partial charge is 0.0346 e. The Morgan fingerprint density at radius 2 is 1.80 bits per heavy atom. The maximum Gasteiger partial charge on any atom is 0.0346 e. The van der Waals surface area contributed by atoms with Crippen LogP contribution in [0.1, 0.15) is 19.5 Å². The summed E-state index contributed by atoms with van der Waals surface area (Å²) >= 11 is 0. The van der Waals surface area contributed by atoms with Crippen LogP contribution in [0.25, 0.3) is 0 Å². The molecular formula is C8H16NP. The predicted molar refractivity (Wildman–Crippen MR) is 50.8 cm³/mol. The molecule has 0 saturated heterocycles. The van der Waals surface area contributed by atoms with Crippen LogP contribution in [-0.2, 0) is 7.05 Å². The van der Waals surface area contributed by atoms with Crippen LogP contribution in [-0.4, -0.2) is 4.57 Å². The molecule has 1 nitrogen and oxygen atoms in total. The van der Waals surface area contributed by atoms with Gasteiger partial charge in [-0.2, -0.15) is 0 Å². The summed E-state index contributed by atoms with van der Waals surface area (Å²) in [6, 6.07) is 4.18. The van der Waals surface area contributed by atoms with Crippen LogP contribution >= 0.6 is 9.24 Å². The van der Waals surface area contributed by atoms with Crippen molar-refractivity contribution in [2.24, 2.45) is 7.05 Å². The topological polar surface area (TPSA) is 4.93 Å². The SMILES string of the molecule is CC.Cc1ccc(P)n1C. The molecule has 0 aliphatic carbocycles. The maximum atomic E-state index is 2.67. The first-order chi connectivity index (χ1) is 4.72. The number of aromatic nitrogens is 1. The lowest BCUT2D eigenvalue weighted by Crippen LogP contribution is -2.04. The van der Waals surface area contributed by atoms with Crippen LogP contribution in [0.4, 0.5) is 0 Å². The molecule has 0 bridgehead atoms. The van der Waals surface area contributed by atoms with Crippen LogP contribution in [0.15, 0.2) is 12.1 Å². The van der Waals surface area contributed by atoms with E-state index >= 15 is 0 Å². The summed E-state index contributed by atoms with van der Waals surface area (Å²) in [7, 11) is 4.72. The molecule has 2 heteroatoms. The summed E-state index contributed by atoms with van der Waals surface area (Å²) in [4.78, 5) is 0. The molecule has 0 aromatic carbocycles. The number of aryl methyl sites for hydroxylation is 1. The van der Waals surface area contributed by atoms with E-state index in [4.69, 9.17) is 0 Å². The summed E-state index contributed by atoms with van der Waals surface area (Å²) in [6.45, 7) is 6.09. The standard InChI is InChI=1S/C6H10NP.C2H6/c1-5-3-4-6(8)7(5)2;1-2/h3-4H,8H2,1-2H3;1-2H3. The van der Waals surface area contributed by atoms with E-state index in [1.807, 2.05) is 13.8 Å². The van der Waals surface area contributed by atoms with Gasteiger partial charge in [-0.15, -0.1) is 0 Å². The Kier molecular flexibility index (Phi) is 4.38. The van der Waals surface area contributed by atoms with Crippen molar-refractivity contribution in [3.05, 3.63) is 17.8 Å². The molecule has 0 spiro atoms. The highest BCUT2D eigenvalue weighted by Gasteiger charge is 1.91. The lowest BCUT2D eigenvalue weighted by molar-refractivity contribution is 0.911. The molecule has 0 fully saturated rings. The average molecular weight is 157 g/mol. The molecule has 10 heavy (non-hydrogen) atoms. The van der Waals surface area contributed by atoms with Crippen LogP contribution in [0.5, 0.6) is 0 Å². The molecule has 0 saturated carbocycles. The maximum absolute atomic E-state index is 2.67. The molecule has 1 rings (SSSR count). The van der Waals surface area contributed by atoms with Crippen LogP contribution in [0.2, 0.25) is 0 Å². The van der Waals surface area contributed by atoms with Crippen molar-refractivity contribution in [2.75, 3.05) is 0 Å². The molecule has 0 aliphatic heterocycles. The zero-order valence-corrected chi connectivity index (χ0v) is 8.33. The number of nitrogens with zero attached hydrogens (tertiary/aromatic N) is 1. The highest BCUT2D eigenvalue weighted by atomic mass is 31.0. The predicted octanol–water partition coefficient (Wildman–Crippen LogP) is 1.86. The first-order valence-electron chi connectivity index (χ1n) is 3.59. The molecule has 58 valence electrons. The van der Waals surface area contributed by atoms with Crippen LogP contribution < -0.4 is 5.44 Å². The fourth-order valence-electron chi connectivity index (χ4n) is 0.633. The van der Waals surface area contributed by atoms with Gasteiger partial charge in [0.2, 0.25) is 0 Å². The van der Waals surface area contributed by atoms with Crippen LogP contribution in [0.3, 0.4) is 0 Å². The Bertz CT molecular complexity index is 172. The second kappa shape index (κ2) is 4.51. The zero-order chi connectivity index (χ0) is 8.15. The third-order valence-corrected chi connectivity index (χ3v) is 1.99. The Balaban J connectivity index is 0.000000371. The molecule has 1 unspecified atom stereocenters. The summed E-state index contributed by atoms with van der Waals surface area (Å²) < 4.78 is 2.13. The van der Waals surface area contributed by atoms with Crippen molar-refractivity contribution >= 4 is 14.7 Å². The van der Waals surface area contributed by atoms with E-state index in [1.165, 1.54) is 11.1 Å². The monoisotopic (exact) mass is 157 g/mol. The van der Waals surface area contributed by atoms with Gasteiger partial charge in [-0.3, -0.25) is 0 Å². The summed E-state index contributed by atoms with van der Waals surface area (Å²) in [6.07, 6.45) is 0. The third-order valence-electron chi connectivity index (χ3n) is 1.41. The minimum atomic E-state index is 1.24. The molecule has 1 aromatic heterocycles. The Morgan fingerprint density at radius 3 is 1.90 bits per heavy atom. The largest absolute Gasteiger partial charge is 0.349 e. The number of hydrogen-bond acceptors (Lipinski definition) is 0. The second-order valence-corrected chi connectivity index (χ2v) is 2.55. The van der Waals surface area contributed by atoms with Gasteiger partial charge in [0.1, 0.15) is 0 Å². The highest BCUT2D eigenvalue weighted by Crippen LogP contribution is 1.96.